The van der Waals surface area contributed by atoms with Gasteiger partial charge in [-0.3, -0.25) is 14.4 Å². The molecule has 0 atom stereocenters. The molecule has 0 N–H and O–H groups in total. The number of ether oxygens (including phenoxy) is 3. The van der Waals surface area contributed by atoms with Gasteiger partial charge in [0.15, 0.2) is 0 Å². The Bertz CT molecular complexity index is 1330. The van der Waals surface area contributed by atoms with Crippen molar-refractivity contribution in [3.63, 3.8) is 0 Å². The second-order valence-electron chi connectivity index (χ2n) is 17.5. The summed E-state index contributed by atoms with van der Waals surface area (Å²) in [6.07, 6.45) is 32.6. The number of rotatable bonds is 48. The molecular formula is C51H93N3O9S3. The highest BCUT2D eigenvalue weighted by Gasteiger charge is 2.17. The molecule has 0 aliphatic heterocycles. The van der Waals surface area contributed by atoms with E-state index in [0.29, 0.717) is 19.3 Å². The van der Waals surface area contributed by atoms with Crippen LogP contribution >= 0.6 is 35.3 Å². The Labute approximate surface area is 412 Å². The molecule has 1 heterocycles. The fraction of sp³-hybridized carbons (Fsp3) is 0.882. The van der Waals surface area contributed by atoms with Gasteiger partial charge < -0.3 is 14.2 Å². The van der Waals surface area contributed by atoms with Crippen LogP contribution in [0.25, 0.3) is 0 Å². The van der Waals surface area contributed by atoms with Gasteiger partial charge in [0.1, 0.15) is 19.8 Å². The van der Waals surface area contributed by atoms with Crippen molar-refractivity contribution in [3.05, 3.63) is 31.5 Å². The van der Waals surface area contributed by atoms with Crippen molar-refractivity contribution < 1.29 is 28.6 Å². The fourth-order valence-corrected chi connectivity index (χ4v) is 10.5. The predicted molar refractivity (Wildman–Crippen MR) is 280 cm³/mol. The largest absolute Gasteiger partial charge is 0.464 e. The minimum atomic E-state index is -0.883. The Morgan fingerprint density at radius 1 is 0.333 bits per heavy atom. The molecule has 1 aromatic rings. The van der Waals surface area contributed by atoms with Crippen molar-refractivity contribution in [1.82, 2.24) is 13.7 Å². The quantitative estimate of drug-likeness (QED) is 0.0348. The first-order valence-electron chi connectivity index (χ1n) is 26.4. The summed E-state index contributed by atoms with van der Waals surface area (Å²) in [6, 6.07) is 0. The van der Waals surface area contributed by atoms with Gasteiger partial charge in [-0.1, -0.05) is 136 Å². The number of esters is 3. The highest BCUT2D eigenvalue weighted by molar-refractivity contribution is 7.99. The molecule has 0 spiro atoms. The lowest BCUT2D eigenvalue weighted by molar-refractivity contribution is -0.144. The normalized spacial score (nSPS) is 11.3. The van der Waals surface area contributed by atoms with Crippen LogP contribution in [0.4, 0.5) is 0 Å². The highest BCUT2D eigenvalue weighted by atomic mass is 32.2. The molecule has 0 saturated carbocycles. The molecule has 0 aliphatic carbocycles. The van der Waals surface area contributed by atoms with Crippen LogP contribution in [0.15, 0.2) is 14.4 Å². The molecule has 384 valence electrons. The molecule has 0 amide bonds. The lowest BCUT2D eigenvalue weighted by Gasteiger charge is -2.14. The van der Waals surface area contributed by atoms with Crippen LogP contribution in [0.2, 0.25) is 0 Å². The van der Waals surface area contributed by atoms with Gasteiger partial charge in [0.2, 0.25) is 0 Å². The highest BCUT2D eigenvalue weighted by Crippen LogP contribution is 2.15. The maximum atomic E-state index is 13.5. The van der Waals surface area contributed by atoms with Crippen molar-refractivity contribution in [2.75, 3.05) is 54.3 Å². The average Bonchev–Trinajstić information content (AvgIpc) is 3.30. The van der Waals surface area contributed by atoms with Gasteiger partial charge >= 0.3 is 35.0 Å². The van der Waals surface area contributed by atoms with E-state index >= 15 is 0 Å². The molecule has 1 rings (SSSR count). The van der Waals surface area contributed by atoms with Gasteiger partial charge in [0, 0.05) is 19.3 Å². The summed E-state index contributed by atoms with van der Waals surface area (Å²) in [7, 11) is 0. The Kier molecular flexibility index (Phi) is 42.5. The number of thioether (sulfide) groups is 3. The van der Waals surface area contributed by atoms with Crippen LogP contribution < -0.4 is 17.1 Å². The molecule has 0 aromatic carbocycles. The summed E-state index contributed by atoms with van der Waals surface area (Å²) in [5.74, 6) is 5.13. The first kappa shape index (κ1) is 61.9. The van der Waals surface area contributed by atoms with Gasteiger partial charge in [-0.2, -0.15) is 35.3 Å². The Morgan fingerprint density at radius 3 is 0.788 bits per heavy atom. The van der Waals surface area contributed by atoms with E-state index in [9.17, 15) is 28.8 Å². The monoisotopic (exact) mass is 988 g/mol. The number of hydrogen-bond acceptors (Lipinski definition) is 12. The summed E-state index contributed by atoms with van der Waals surface area (Å²) in [5, 5.41) is 0. The van der Waals surface area contributed by atoms with Crippen molar-refractivity contribution in [2.24, 2.45) is 0 Å². The number of nitrogens with zero attached hydrogens (tertiary/aromatic N) is 3. The van der Waals surface area contributed by atoms with E-state index < -0.39 is 35.0 Å². The van der Waals surface area contributed by atoms with Gasteiger partial charge in [0.05, 0.1) is 19.6 Å². The minimum Gasteiger partial charge on any atom is -0.464 e. The molecule has 0 aliphatic rings. The van der Waals surface area contributed by atoms with E-state index in [2.05, 4.69) is 20.8 Å². The van der Waals surface area contributed by atoms with Crippen LogP contribution in [0, 0.1) is 0 Å². The summed E-state index contributed by atoms with van der Waals surface area (Å²) in [4.78, 5) is 78.2. The lowest BCUT2D eigenvalue weighted by atomic mass is 10.1. The van der Waals surface area contributed by atoms with Crippen molar-refractivity contribution in [2.45, 2.75) is 233 Å². The van der Waals surface area contributed by atoms with Gasteiger partial charge in [0.25, 0.3) is 0 Å². The average molecular weight is 989 g/mol. The molecule has 0 bridgehead atoms. The number of carbonyl (C=O) groups excluding carboxylic acids is 3. The van der Waals surface area contributed by atoms with E-state index in [4.69, 9.17) is 14.2 Å². The van der Waals surface area contributed by atoms with Crippen molar-refractivity contribution >= 4 is 53.2 Å². The smallest absolute Gasteiger partial charge is 0.336 e. The fourth-order valence-electron chi connectivity index (χ4n) is 7.44. The van der Waals surface area contributed by atoms with Crippen molar-refractivity contribution in [3.8, 4) is 0 Å². The van der Waals surface area contributed by atoms with E-state index in [1.807, 2.05) is 35.3 Å². The number of hydrogen-bond donors (Lipinski definition) is 0. The van der Waals surface area contributed by atoms with Crippen LogP contribution in [-0.4, -0.2) is 85.9 Å². The zero-order valence-corrected chi connectivity index (χ0v) is 44.4. The molecule has 0 fully saturated rings. The van der Waals surface area contributed by atoms with Crippen molar-refractivity contribution in [1.29, 1.82) is 0 Å². The Balaban J connectivity index is 2.64. The molecule has 12 nitrogen and oxygen atoms in total. The van der Waals surface area contributed by atoms with Crippen LogP contribution in [0.3, 0.4) is 0 Å². The van der Waals surface area contributed by atoms with Gasteiger partial charge in [-0.15, -0.1) is 0 Å². The number of unbranched alkanes of at least 4 members (excludes halogenated alkanes) is 21. The van der Waals surface area contributed by atoms with Crippen LogP contribution in [0.1, 0.15) is 213 Å². The van der Waals surface area contributed by atoms with E-state index in [1.165, 1.54) is 135 Å². The second-order valence-corrected chi connectivity index (χ2v) is 21.2. The van der Waals surface area contributed by atoms with Crippen LogP contribution in [0.5, 0.6) is 0 Å². The third-order valence-corrected chi connectivity index (χ3v) is 15.0. The number of carbonyl (C=O) groups is 3. The summed E-state index contributed by atoms with van der Waals surface area (Å²) in [6.45, 7) is 5.25. The SMILES string of the molecule is CCCCCCCCCSCCCCC(=O)OCCn1c(=O)n(CCOC(=O)CCCCSCCCCCCCCC)c(=O)n(CCOC(=O)CCCCSCCCCCCCCC)c1=O. The zero-order valence-electron chi connectivity index (χ0n) is 41.9. The van der Waals surface area contributed by atoms with E-state index in [0.717, 1.165) is 67.5 Å². The molecule has 1 aromatic heterocycles. The molecule has 66 heavy (non-hydrogen) atoms. The molecule has 0 radical (unpaired) electrons. The first-order chi connectivity index (χ1) is 32.3. The lowest BCUT2D eigenvalue weighted by Crippen LogP contribution is -2.55. The Morgan fingerprint density at radius 2 is 0.545 bits per heavy atom. The molecule has 0 unspecified atom stereocenters. The minimum absolute atomic E-state index is 0.224. The first-order valence-corrected chi connectivity index (χ1v) is 29.9. The second kappa shape index (κ2) is 45.3. The maximum absolute atomic E-state index is 13.5. The summed E-state index contributed by atoms with van der Waals surface area (Å²) >= 11 is 5.75. The maximum Gasteiger partial charge on any atom is 0.336 e. The topological polar surface area (TPSA) is 145 Å². The predicted octanol–water partition coefficient (Wildman–Crippen LogP) is 11.8. The van der Waals surface area contributed by atoms with E-state index in [1.54, 1.807) is 0 Å². The van der Waals surface area contributed by atoms with Gasteiger partial charge in [-0.25, -0.2) is 28.1 Å². The number of aromatic nitrogens is 3. The summed E-state index contributed by atoms with van der Waals surface area (Å²) < 4.78 is 18.8. The van der Waals surface area contributed by atoms with E-state index in [-0.39, 0.29) is 58.7 Å². The molecular weight excluding hydrogens is 895 g/mol. The summed E-state index contributed by atoms with van der Waals surface area (Å²) in [5.41, 5.74) is -2.65. The zero-order chi connectivity index (χ0) is 48.1. The Hall–Kier alpha value is -2.13. The molecule has 0 saturated heterocycles. The van der Waals surface area contributed by atoms with Crippen LogP contribution in [-0.2, 0) is 48.2 Å². The standard InChI is InChI=1S/C51H93N3O9S3/c1-4-7-10-13-16-19-25-40-64-43-28-22-31-46(55)61-37-34-52-49(58)53(35-38-62-47(56)32-23-29-44-65-41-26-20-17-14-11-8-5-2)51(60)54(50(52)59)36-39-63-48(57)33-24-30-45-66-42-27-21-18-15-12-9-6-3/h4-45H2,1-3H3. The third-order valence-electron chi connectivity index (χ3n) is 11.6. The van der Waals surface area contributed by atoms with Gasteiger partial charge in [-0.05, 0) is 92.3 Å². The third kappa shape index (κ3) is 34.2. The molecule has 15 heteroatoms.